The third-order valence-corrected chi connectivity index (χ3v) is 12.4. The van der Waals surface area contributed by atoms with Gasteiger partial charge in [0.15, 0.2) is 0 Å². The highest BCUT2D eigenvalue weighted by atomic mass is 15.0. The molecule has 10 rings (SSSR count). The van der Waals surface area contributed by atoms with E-state index in [9.17, 15) is 0 Å². The Morgan fingerprint density at radius 1 is 0.353 bits per heavy atom. The molecule has 244 valence electrons. The molecule has 1 aromatic heterocycles. The van der Waals surface area contributed by atoms with E-state index in [1.54, 1.807) is 0 Å². The molecule has 1 nitrogen and oxygen atoms in total. The number of hydrogen-bond acceptors (Lipinski definition) is 0. The number of rotatable bonds is 3. The van der Waals surface area contributed by atoms with Crippen LogP contribution < -0.4 is 0 Å². The molecule has 9 aromatic rings. The molecule has 0 N–H and O–H groups in total. The van der Waals surface area contributed by atoms with Gasteiger partial charge in [0.25, 0.3) is 0 Å². The summed E-state index contributed by atoms with van der Waals surface area (Å²) in [6.07, 6.45) is 0. The fraction of sp³-hybridized carbons (Fsp3) is 0.120. The lowest BCUT2D eigenvalue weighted by Gasteiger charge is -2.48. The zero-order chi connectivity index (χ0) is 34.5. The first kappa shape index (κ1) is 29.9. The summed E-state index contributed by atoms with van der Waals surface area (Å²) in [4.78, 5) is 0. The second kappa shape index (κ2) is 10.8. The number of benzene rings is 8. The summed E-state index contributed by atoms with van der Waals surface area (Å²) >= 11 is 0. The summed E-state index contributed by atoms with van der Waals surface area (Å²) in [5, 5.41) is 7.57. The average Bonchev–Trinajstić information content (AvgIpc) is 3.48. The predicted molar refractivity (Wildman–Crippen MR) is 218 cm³/mol. The van der Waals surface area contributed by atoms with E-state index in [0.29, 0.717) is 0 Å². The van der Waals surface area contributed by atoms with Crippen molar-refractivity contribution in [3.8, 4) is 39.1 Å². The highest BCUT2D eigenvalue weighted by molar-refractivity contribution is 6.15. The van der Waals surface area contributed by atoms with Crippen molar-refractivity contribution < 1.29 is 0 Å². The maximum atomic E-state index is 2.47. The molecule has 0 unspecified atom stereocenters. The normalized spacial score (nSPS) is 14.6. The van der Waals surface area contributed by atoms with Gasteiger partial charge in [-0.1, -0.05) is 161 Å². The molecule has 1 aliphatic carbocycles. The molecule has 1 aliphatic rings. The van der Waals surface area contributed by atoms with Crippen LogP contribution in [0.4, 0.5) is 0 Å². The molecule has 8 aromatic carbocycles. The van der Waals surface area contributed by atoms with Gasteiger partial charge in [-0.3, -0.25) is 0 Å². The second-order valence-corrected chi connectivity index (χ2v) is 15.3. The molecule has 0 amide bonds. The molecule has 0 saturated carbocycles. The van der Waals surface area contributed by atoms with Gasteiger partial charge in [-0.15, -0.1) is 0 Å². The second-order valence-electron chi connectivity index (χ2n) is 15.3. The summed E-state index contributed by atoms with van der Waals surface area (Å²) in [6.45, 7) is 9.61. The molecule has 0 spiro atoms. The smallest absolute Gasteiger partial charge is 0.0547 e. The lowest BCUT2D eigenvalue weighted by atomic mass is 9.55. The van der Waals surface area contributed by atoms with Gasteiger partial charge in [0, 0.05) is 16.2 Å². The van der Waals surface area contributed by atoms with Gasteiger partial charge in [0.1, 0.15) is 0 Å². The fourth-order valence-corrected chi connectivity index (χ4v) is 9.01. The van der Waals surface area contributed by atoms with E-state index < -0.39 is 0 Å². The van der Waals surface area contributed by atoms with E-state index in [1.807, 2.05) is 0 Å². The summed E-state index contributed by atoms with van der Waals surface area (Å²) < 4.78 is 2.47. The Morgan fingerprint density at radius 2 is 0.941 bits per heavy atom. The van der Waals surface area contributed by atoms with Crippen molar-refractivity contribution in [2.75, 3.05) is 0 Å². The van der Waals surface area contributed by atoms with E-state index in [0.717, 1.165) is 0 Å². The lowest BCUT2D eigenvalue weighted by Crippen LogP contribution is -2.43. The van der Waals surface area contributed by atoms with Crippen LogP contribution in [0.25, 0.3) is 82.4 Å². The van der Waals surface area contributed by atoms with Crippen molar-refractivity contribution in [1.82, 2.24) is 4.57 Å². The predicted octanol–water partition coefficient (Wildman–Crippen LogP) is 13.7. The number of aromatic nitrogens is 1. The van der Waals surface area contributed by atoms with Crippen LogP contribution in [0.5, 0.6) is 0 Å². The molecule has 0 fully saturated rings. The minimum atomic E-state index is -0.0140. The van der Waals surface area contributed by atoms with Crippen molar-refractivity contribution in [2.45, 2.75) is 38.5 Å². The lowest BCUT2D eigenvalue weighted by molar-refractivity contribution is 0.299. The van der Waals surface area contributed by atoms with Crippen molar-refractivity contribution in [3.05, 3.63) is 175 Å². The molecular weight excluding hydrogens is 615 g/mol. The van der Waals surface area contributed by atoms with Crippen molar-refractivity contribution in [2.24, 2.45) is 0 Å². The Kier molecular flexibility index (Phi) is 6.34. The molecule has 0 saturated heterocycles. The SMILES string of the molecule is CC1(C)c2ccccc2-c2cc(-c3ccccc3-c3ccc(-n4c5ccccc5c5cc6ccccc6cc54)c4ccccc34)ccc2C1(C)C. The molecule has 0 bridgehead atoms. The first-order valence-electron chi connectivity index (χ1n) is 18.1. The summed E-state index contributed by atoms with van der Waals surface area (Å²) in [5.41, 5.74) is 14.2. The topological polar surface area (TPSA) is 4.93 Å². The van der Waals surface area contributed by atoms with Crippen LogP contribution >= 0.6 is 0 Å². The zero-order valence-corrected chi connectivity index (χ0v) is 29.5. The van der Waals surface area contributed by atoms with Gasteiger partial charge >= 0.3 is 0 Å². The standard InChI is InChI=1S/C50H39N/c1-49(2)44-23-13-11-20-39(44)42-30-34(25-27-45(42)50(49,3)4)35-17-7-8-18-36(35)38-26-28-47(40-21-10-9-19-37(38)40)51-46-24-14-12-22-41(46)43-29-32-15-5-6-16-33(32)31-48(43)51/h5-31H,1-4H3. The van der Waals surface area contributed by atoms with Gasteiger partial charge < -0.3 is 4.57 Å². The van der Waals surface area contributed by atoms with Crippen LogP contribution in [0.3, 0.4) is 0 Å². The third-order valence-electron chi connectivity index (χ3n) is 12.4. The van der Waals surface area contributed by atoms with Crippen LogP contribution in [0.1, 0.15) is 38.8 Å². The largest absolute Gasteiger partial charge is 0.309 e. The molecule has 1 heterocycles. The third kappa shape index (κ3) is 4.22. The van der Waals surface area contributed by atoms with Crippen molar-refractivity contribution in [1.29, 1.82) is 0 Å². The molecule has 0 atom stereocenters. The summed E-state index contributed by atoms with van der Waals surface area (Å²) in [6, 6.07) is 61.0. The quantitative estimate of drug-likeness (QED) is 0.179. The molecule has 1 heteroatoms. The van der Waals surface area contributed by atoms with Gasteiger partial charge in [0.2, 0.25) is 0 Å². The zero-order valence-electron chi connectivity index (χ0n) is 29.5. The summed E-state index contributed by atoms with van der Waals surface area (Å²) in [5.74, 6) is 0. The van der Waals surface area contributed by atoms with Gasteiger partial charge in [-0.05, 0) is 102 Å². The van der Waals surface area contributed by atoms with Crippen molar-refractivity contribution >= 4 is 43.4 Å². The molecule has 0 radical (unpaired) electrons. The van der Waals surface area contributed by atoms with E-state index >= 15 is 0 Å². The maximum absolute atomic E-state index is 2.47. The Labute approximate surface area is 299 Å². The Morgan fingerprint density at radius 3 is 1.73 bits per heavy atom. The minimum absolute atomic E-state index is 0.0140. The van der Waals surface area contributed by atoms with Gasteiger partial charge in [-0.2, -0.15) is 0 Å². The number of hydrogen-bond donors (Lipinski definition) is 0. The van der Waals surface area contributed by atoms with Crippen LogP contribution in [0.15, 0.2) is 164 Å². The molecule has 0 aliphatic heterocycles. The van der Waals surface area contributed by atoms with Crippen LogP contribution in [0.2, 0.25) is 0 Å². The van der Waals surface area contributed by atoms with Crippen molar-refractivity contribution in [3.63, 3.8) is 0 Å². The van der Waals surface area contributed by atoms with E-state index in [1.165, 1.54) is 93.5 Å². The Balaban J connectivity index is 1.19. The summed E-state index contributed by atoms with van der Waals surface area (Å²) in [7, 11) is 0. The fourth-order valence-electron chi connectivity index (χ4n) is 9.01. The minimum Gasteiger partial charge on any atom is -0.309 e. The Bertz CT molecular complexity index is 2860. The van der Waals surface area contributed by atoms with Gasteiger partial charge in [-0.25, -0.2) is 0 Å². The number of nitrogens with zero attached hydrogens (tertiary/aromatic N) is 1. The first-order valence-corrected chi connectivity index (χ1v) is 18.1. The van der Waals surface area contributed by atoms with E-state index in [4.69, 9.17) is 0 Å². The molecular formula is C50H39N. The molecule has 51 heavy (non-hydrogen) atoms. The number of fused-ring (bicyclic) bond motifs is 8. The monoisotopic (exact) mass is 653 g/mol. The highest BCUT2D eigenvalue weighted by Crippen LogP contribution is 2.54. The first-order chi connectivity index (χ1) is 24.8. The number of para-hydroxylation sites is 1. The van der Waals surface area contributed by atoms with Gasteiger partial charge in [0.05, 0.1) is 16.7 Å². The average molecular weight is 654 g/mol. The Hall–Kier alpha value is -5.92. The van der Waals surface area contributed by atoms with E-state index in [2.05, 4.69) is 196 Å². The highest BCUT2D eigenvalue weighted by Gasteiger charge is 2.45. The van der Waals surface area contributed by atoms with Crippen LogP contribution in [-0.2, 0) is 10.8 Å². The van der Waals surface area contributed by atoms with Crippen LogP contribution in [0, 0.1) is 0 Å². The maximum Gasteiger partial charge on any atom is 0.0547 e. The van der Waals surface area contributed by atoms with Crippen LogP contribution in [-0.4, -0.2) is 4.57 Å². The van der Waals surface area contributed by atoms with E-state index in [-0.39, 0.29) is 10.8 Å².